The number of aryl methyl sites for hydroxylation is 2. The number of carbonyl (C=O) groups excluding carboxylic acids is 1. The van der Waals surface area contributed by atoms with Gasteiger partial charge < -0.3 is 9.42 Å². The Morgan fingerprint density at radius 3 is 2.56 bits per heavy atom. The van der Waals surface area contributed by atoms with Crippen molar-refractivity contribution in [2.24, 2.45) is 5.92 Å². The van der Waals surface area contributed by atoms with Gasteiger partial charge in [-0.1, -0.05) is 17.3 Å². The zero-order valence-corrected chi connectivity index (χ0v) is 19.8. The summed E-state index contributed by atoms with van der Waals surface area (Å²) in [5.41, 5.74) is 1.35. The second-order valence-corrected chi connectivity index (χ2v) is 11.5. The Hall–Kier alpha value is -2.30. The Balaban J connectivity index is 1.29. The molecule has 0 aliphatic carbocycles. The number of hydrogen-bond acceptors (Lipinski definition) is 7. The van der Waals surface area contributed by atoms with Gasteiger partial charge in [-0.2, -0.15) is 4.31 Å². The molecule has 2 fully saturated rings. The molecule has 5 rings (SSSR count). The predicted octanol–water partition coefficient (Wildman–Crippen LogP) is 3.67. The van der Waals surface area contributed by atoms with E-state index in [1.54, 1.807) is 25.2 Å². The summed E-state index contributed by atoms with van der Waals surface area (Å²) in [5, 5.41) is 4.77. The highest BCUT2D eigenvalue weighted by molar-refractivity contribution is 7.89. The molecular weight excluding hydrogens is 448 g/mol. The maximum Gasteiger partial charge on any atom is 0.248 e. The summed E-state index contributed by atoms with van der Waals surface area (Å²) in [6.07, 6.45) is 2.92. The first-order chi connectivity index (χ1) is 15.4. The van der Waals surface area contributed by atoms with E-state index < -0.39 is 10.0 Å². The lowest BCUT2D eigenvalue weighted by Crippen LogP contribution is -2.44. The van der Waals surface area contributed by atoms with E-state index in [4.69, 9.17) is 9.51 Å². The van der Waals surface area contributed by atoms with Crippen LogP contribution in [0.5, 0.6) is 0 Å². The summed E-state index contributed by atoms with van der Waals surface area (Å²) in [6, 6.07) is 8.07. The topological polar surface area (TPSA) is 96.6 Å². The number of likely N-dealkylation sites (tertiary alicyclic amines) is 1. The lowest BCUT2D eigenvalue weighted by Gasteiger charge is -2.34. The van der Waals surface area contributed by atoms with Gasteiger partial charge in [-0.15, -0.1) is 11.3 Å². The first-order valence-corrected chi connectivity index (χ1v) is 13.2. The molecule has 2 aromatic heterocycles. The number of carbonyl (C=O) groups is 1. The van der Waals surface area contributed by atoms with Crippen LogP contribution in [0.4, 0.5) is 0 Å². The quantitative estimate of drug-likeness (QED) is 0.572. The zero-order valence-electron chi connectivity index (χ0n) is 18.2. The van der Waals surface area contributed by atoms with Gasteiger partial charge in [0.2, 0.25) is 15.9 Å². The second-order valence-electron chi connectivity index (χ2n) is 8.54. The molecule has 32 heavy (non-hydrogen) atoms. The number of benzene rings is 1. The molecule has 2 aliphatic rings. The van der Waals surface area contributed by atoms with Gasteiger partial charge in [0.15, 0.2) is 5.76 Å². The van der Waals surface area contributed by atoms with Crippen LogP contribution in [0.25, 0.3) is 10.2 Å². The van der Waals surface area contributed by atoms with E-state index in [1.807, 2.05) is 23.1 Å². The van der Waals surface area contributed by atoms with Gasteiger partial charge in [-0.05, 0) is 51.7 Å². The van der Waals surface area contributed by atoms with E-state index in [1.165, 1.54) is 4.31 Å². The smallest absolute Gasteiger partial charge is 0.248 e. The Labute approximate surface area is 191 Å². The van der Waals surface area contributed by atoms with Gasteiger partial charge in [0.25, 0.3) is 0 Å². The van der Waals surface area contributed by atoms with Crippen molar-refractivity contribution in [3.63, 3.8) is 0 Å². The van der Waals surface area contributed by atoms with Crippen LogP contribution in [0.15, 0.2) is 33.7 Å². The normalized spacial score (nSPS) is 20.9. The largest absolute Gasteiger partial charge is 0.360 e. The number of piperidine rings is 1. The lowest BCUT2D eigenvalue weighted by molar-refractivity contribution is -0.137. The minimum atomic E-state index is -3.67. The number of amides is 1. The van der Waals surface area contributed by atoms with Crippen molar-refractivity contribution in [1.82, 2.24) is 19.3 Å². The lowest BCUT2D eigenvalue weighted by atomic mass is 9.96. The van der Waals surface area contributed by atoms with Crippen LogP contribution in [0.1, 0.15) is 48.2 Å². The van der Waals surface area contributed by atoms with E-state index in [-0.39, 0.29) is 22.8 Å². The fraction of sp³-hybridized carbons (Fsp3) is 0.500. The molecule has 0 saturated carbocycles. The molecule has 0 unspecified atom stereocenters. The third kappa shape index (κ3) is 3.64. The van der Waals surface area contributed by atoms with Crippen molar-refractivity contribution in [3.8, 4) is 0 Å². The molecule has 3 aromatic rings. The minimum absolute atomic E-state index is 0.0176. The van der Waals surface area contributed by atoms with Crippen molar-refractivity contribution in [2.75, 3.05) is 19.6 Å². The van der Waals surface area contributed by atoms with Crippen molar-refractivity contribution < 1.29 is 17.7 Å². The highest BCUT2D eigenvalue weighted by Gasteiger charge is 2.39. The third-order valence-corrected chi connectivity index (χ3v) is 9.78. The van der Waals surface area contributed by atoms with Crippen LogP contribution in [-0.2, 0) is 14.8 Å². The molecule has 0 radical (unpaired) electrons. The predicted molar refractivity (Wildman–Crippen MR) is 121 cm³/mol. The molecule has 10 heteroatoms. The number of rotatable bonds is 4. The van der Waals surface area contributed by atoms with Gasteiger partial charge in [0.1, 0.15) is 15.6 Å². The van der Waals surface area contributed by atoms with Gasteiger partial charge in [0, 0.05) is 25.6 Å². The molecule has 1 atom stereocenters. The van der Waals surface area contributed by atoms with Crippen LogP contribution in [0, 0.1) is 19.8 Å². The minimum Gasteiger partial charge on any atom is -0.360 e. The SMILES string of the molecule is Cc1noc(C)c1S(=O)(=O)N1CCC(C(=O)N2CCC[C@H]2c2nc3ccccc3s2)CC1. The van der Waals surface area contributed by atoms with Crippen LogP contribution in [0.2, 0.25) is 0 Å². The number of thiazole rings is 1. The van der Waals surface area contributed by atoms with Gasteiger partial charge >= 0.3 is 0 Å². The highest BCUT2D eigenvalue weighted by Crippen LogP contribution is 2.38. The molecule has 2 saturated heterocycles. The molecule has 1 amide bonds. The Morgan fingerprint density at radius 1 is 1.12 bits per heavy atom. The molecule has 170 valence electrons. The summed E-state index contributed by atoms with van der Waals surface area (Å²) >= 11 is 1.66. The Kier molecular flexibility index (Phi) is 5.55. The second kappa shape index (κ2) is 8.24. The molecule has 4 heterocycles. The van der Waals surface area contributed by atoms with Crippen LogP contribution in [-0.4, -0.2) is 53.3 Å². The van der Waals surface area contributed by atoms with E-state index in [0.29, 0.717) is 37.4 Å². The fourth-order valence-electron chi connectivity index (χ4n) is 4.87. The standard InChI is InChI=1S/C22H26N4O4S2/c1-14-20(15(2)30-24-14)32(28,29)25-12-9-16(10-13-25)22(27)26-11-5-7-18(26)21-23-17-6-3-4-8-19(17)31-21/h3-4,6,8,16,18H,5,7,9-13H2,1-2H3/t18-/m0/s1. The van der Waals surface area contributed by atoms with E-state index in [2.05, 4.69) is 11.2 Å². The van der Waals surface area contributed by atoms with E-state index in [0.717, 1.165) is 34.6 Å². The number of aromatic nitrogens is 2. The zero-order chi connectivity index (χ0) is 22.5. The summed E-state index contributed by atoms with van der Waals surface area (Å²) < 4.78 is 33.8. The molecule has 2 aliphatic heterocycles. The maximum absolute atomic E-state index is 13.4. The Bertz CT molecular complexity index is 1210. The third-order valence-electron chi connectivity index (χ3n) is 6.50. The first-order valence-electron chi connectivity index (χ1n) is 10.9. The van der Waals surface area contributed by atoms with Crippen molar-refractivity contribution >= 4 is 37.5 Å². The molecule has 0 spiro atoms. The van der Waals surface area contributed by atoms with Crippen LogP contribution < -0.4 is 0 Å². The van der Waals surface area contributed by atoms with Crippen LogP contribution >= 0.6 is 11.3 Å². The molecule has 8 nitrogen and oxygen atoms in total. The van der Waals surface area contributed by atoms with E-state index in [9.17, 15) is 13.2 Å². The summed E-state index contributed by atoms with van der Waals surface area (Å²) in [4.78, 5) is 20.3. The summed E-state index contributed by atoms with van der Waals surface area (Å²) in [6.45, 7) is 4.62. The van der Waals surface area contributed by atoms with Crippen molar-refractivity contribution in [2.45, 2.75) is 50.5 Å². The van der Waals surface area contributed by atoms with Crippen molar-refractivity contribution in [3.05, 3.63) is 40.7 Å². The van der Waals surface area contributed by atoms with Gasteiger partial charge in [0.05, 0.1) is 16.3 Å². The van der Waals surface area contributed by atoms with Gasteiger partial charge in [-0.25, -0.2) is 13.4 Å². The molecule has 0 N–H and O–H groups in total. The average Bonchev–Trinajstić information content (AvgIpc) is 3.51. The van der Waals surface area contributed by atoms with Crippen LogP contribution in [0.3, 0.4) is 0 Å². The number of sulfonamides is 1. The fourth-order valence-corrected chi connectivity index (χ4v) is 7.75. The number of fused-ring (bicyclic) bond motifs is 1. The first kappa shape index (κ1) is 21.5. The van der Waals surface area contributed by atoms with Gasteiger partial charge in [-0.3, -0.25) is 4.79 Å². The number of nitrogens with zero attached hydrogens (tertiary/aromatic N) is 4. The number of para-hydroxylation sites is 1. The molecule has 1 aromatic carbocycles. The van der Waals surface area contributed by atoms with E-state index >= 15 is 0 Å². The summed E-state index contributed by atoms with van der Waals surface area (Å²) in [7, 11) is -3.67. The molecular formula is C22H26N4O4S2. The highest BCUT2D eigenvalue weighted by atomic mass is 32.2. The average molecular weight is 475 g/mol. The number of hydrogen-bond donors (Lipinski definition) is 0. The van der Waals surface area contributed by atoms with Crippen molar-refractivity contribution in [1.29, 1.82) is 0 Å². The summed E-state index contributed by atoms with van der Waals surface area (Å²) in [5.74, 6) is 0.263. The monoisotopic (exact) mass is 474 g/mol. The molecule has 0 bridgehead atoms. The Morgan fingerprint density at radius 2 is 1.88 bits per heavy atom. The maximum atomic E-state index is 13.4.